The van der Waals surface area contributed by atoms with E-state index in [2.05, 4.69) is 48.3 Å². The molecule has 0 atom stereocenters. The summed E-state index contributed by atoms with van der Waals surface area (Å²) in [5, 5.41) is 3.47. The minimum absolute atomic E-state index is 0.0469. The topological polar surface area (TPSA) is 24.5 Å². The van der Waals surface area contributed by atoms with Crippen LogP contribution in [0.4, 0.5) is 5.69 Å². The Kier molecular flexibility index (Phi) is 4.25. The van der Waals surface area contributed by atoms with Crippen molar-refractivity contribution in [3.8, 4) is 0 Å². The van der Waals surface area contributed by atoms with Gasteiger partial charge in [-0.15, -0.1) is 0 Å². The molecular formula is C15H24N2O. The van der Waals surface area contributed by atoms with Gasteiger partial charge in [-0.2, -0.15) is 0 Å². The molecule has 0 spiro atoms. The summed E-state index contributed by atoms with van der Waals surface area (Å²) in [5.74, 6) is 0. The SMILES string of the molecule is COC(C)(C)CCN1CCNCc2ccccc21. The number of nitrogens with one attached hydrogen (secondary N) is 1. The third-order valence-electron chi connectivity index (χ3n) is 3.74. The first-order valence-corrected chi connectivity index (χ1v) is 6.71. The number of para-hydroxylation sites is 1. The quantitative estimate of drug-likeness (QED) is 0.885. The zero-order chi connectivity index (χ0) is 13.0. The minimum Gasteiger partial charge on any atom is -0.379 e. The molecule has 2 rings (SSSR count). The van der Waals surface area contributed by atoms with Gasteiger partial charge in [0, 0.05) is 39.0 Å². The highest BCUT2D eigenvalue weighted by Gasteiger charge is 2.20. The van der Waals surface area contributed by atoms with Crippen LogP contribution in [0.3, 0.4) is 0 Å². The fourth-order valence-electron chi connectivity index (χ4n) is 2.26. The van der Waals surface area contributed by atoms with Crippen LogP contribution in [-0.2, 0) is 11.3 Å². The van der Waals surface area contributed by atoms with Crippen LogP contribution in [0.5, 0.6) is 0 Å². The van der Waals surface area contributed by atoms with Crippen LogP contribution in [-0.4, -0.2) is 32.3 Å². The molecule has 1 heterocycles. The van der Waals surface area contributed by atoms with E-state index in [1.54, 1.807) is 7.11 Å². The first-order chi connectivity index (χ1) is 8.62. The summed E-state index contributed by atoms with van der Waals surface area (Å²) in [6.07, 6.45) is 1.04. The third kappa shape index (κ3) is 3.24. The molecule has 0 unspecified atom stereocenters. The predicted octanol–water partition coefficient (Wildman–Crippen LogP) is 2.41. The number of anilines is 1. The molecule has 100 valence electrons. The monoisotopic (exact) mass is 248 g/mol. The average Bonchev–Trinajstić information content (AvgIpc) is 2.59. The lowest BCUT2D eigenvalue weighted by atomic mass is 10.0. The van der Waals surface area contributed by atoms with Crippen molar-refractivity contribution in [3.63, 3.8) is 0 Å². The molecule has 1 aliphatic rings. The van der Waals surface area contributed by atoms with E-state index >= 15 is 0 Å². The first kappa shape index (κ1) is 13.4. The van der Waals surface area contributed by atoms with E-state index in [-0.39, 0.29) is 5.60 Å². The van der Waals surface area contributed by atoms with Crippen LogP contribution < -0.4 is 10.2 Å². The lowest BCUT2D eigenvalue weighted by Gasteiger charge is -2.30. The maximum absolute atomic E-state index is 5.51. The molecule has 1 aliphatic heterocycles. The largest absolute Gasteiger partial charge is 0.379 e. The van der Waals surface area contributed by atoms with Gasteiger partial charge in [0.05, 0.1) is 5.60 Å². The highest BCUT2D eigenvalue weighted by Crippen LogP contribution is 2.24. The van der Waals surface area contributed by atoms with Gasteiger partial charge >= 0.3 is 0 Å². The molecule has 0 aromatic heterocycles. The molecule has 18 heavy (non-hydrogen) atoms. The van der Waals surface area contributed by atoms with Crippen molar-refractivity contribution in [2.45, 2.75) is 32.4 Å². The van der Waals surface area contributed by atoms with Crippen LogP contribution in [0.1, 0.15) is 25.8 Å². The molecule has 0 fully saturated rings. The van der Waals surface area contributed by atoms with Crippen molar-refractivity contribution in [2.24, 2.45) is 0 Å². The Bertz CT molecular complexity index is 390. The highest BCUT2D eigenvalue weighted by atomic mass is 16.5. The van der Waals surface area contributed by atoms with Crippen LogP contribution in [0, 0.1) is 0 Å². The molecule has 0 radical (unpaired) electrons. The van der Waals surface area contributed by atoms with Crippen LogP contribution in [0.15, 0.2) is 24.3 Å². The van der Waals surface area contributed by atoms with Gasteiger partial charge in [0.2, 0.25) is 0 Å². The highest BCUT2D eigenvalue weighted by molar-refractivity contribution is 5.54. The van der Waals surface area contributed by atoms with Gasteiger partial charge in [-0.25, -0.2) is 0 Å². The second kappa shape index (κ2) is 5.72. The third-order valence-corrected chi connectivity index (χ3v) is 3.74. The molecule has 0 saturated carbocycles. The molecule has 1 aromatic carbocycles. The van der Waals surface area contributed by atoms with Crippen LogP contribution >= 0.6 is 0 Å². The average molecular weight is 248 g/mol. The Morgan fingerprint density at radius 2 is 2.11 bits per heavy atom. The van der Waals surface area contributed by atoms with E-state index in [1.807, 2.05) is 0 Å². The van der Waals surface area contributed by atoms with Crippen LogP contribution in [0.25, 0.3) is 0 Å². The molecular weight excluding hydrogens is 224 g/mol. The van der Waals surface area contributed by atoms with Gasteiger partial charge in [-0.3, -0.25) is 0 Å². The molecule has 1 aromatic rings. The molecule has 0 bridgehead atoms. The zero-order valence-corrected chi connectivity index (χ0v) is 11.7. The Hall–Kier alpha value is -1.06. The summed E-state index contributed by atoms with van der Waals surface area (Å²) in [4.78, 5) is 2.47. The molecule has 0 aliphatic carbocycles. The number of fused-ring (bicyclic) bond motifs is 1. The van der Waals surface area contributed by atoms with Crippen molar-refractivity contribution >= 4 is 5.69 Å². The van der Waals surface area contributed by atoms with Crippen molar-refractivity contribution in [1.29, 1.82) is 0 Å². The summed E-state index contributed by atoms with van der Waals surface area (Å²) in [5.41, 5.74) is 2.72. The first-order valence-electron chi connectivity index (χ1n) is 6.71. The summed E-state index contributed by atoms with van der Waals surface area (Å²) >= 11 is 0. The Morgan fingerprint density at radius 3 is 2.89 bits per heavy atom. The van der Waals surface area contributed by atoms with E-state index < -0.39 is 0 Å². The van der Waals surface area contributed by atoms with Crippen LogP contribution in [0.2, 0.25) is 0 Å². The summed E-state index contributed by atoms with van der Waals surface area (Å²) in [7, 11) is 1.79. The standard InChI is InChI=1S/C15H24N2O/c1-15(2,18-3)8-10-17-11-9-16-12-13-6-4-5-7-14(13)17/h4-7,16H,8-12H2,1-3H3. The van der Waals surface area contributed by atoms with Crippen molar-refractivity contribution in [1.82, 2.24) is 5.32 Å². The number of methoxy groups -OCH3 is 1. The van der Waals surface area contributed by atoms with Gasteiger partial charge in [0.25, 0.3) is 0 Å². The summed E-state index contributed by atoms with van der Waals surface area (Å²) in [6, 6.07) is 8.67. The van der Waals surface area contributed by atoms with E-state index in [4.69, 9.17) is 4.74 Å². The van der Waals surface area contributed by atoms with E-state index in [0.29, 0.717) is 0 Å². The van der Waals surface area contributed by atoms with Gasteiger partial charge < -0.3 is 15.0 Å². The van der Waals surface area contributed by atoms with Crippen molar-refractivity contribution < 1.29 is 4.74 Å². The van der Waals surface area contributed by atoms with Gasteiger partial charge in [0.15, 0.2) is 0 Å². The zero-order valence-electron chi connectivity index (χ0n) is 11.7. The smallest absolute Gasteiger partial charge is 0.0639 e. The normalized spacial score (nSPS) is 16.3. The molecule has 3 heteroatoms. The van der Waals surface area contributed by atoms with Crippen molar-refractivity contribution in [3.05, 3.63) is 29.8 Å². The number of benzene rings is 1. The second-order valence-electron chi connectivity index (χ2n) is 5.51. The molecule has 3 nitrogen and oxygen atoms in total. The maximum Gasteiger partial charge on any atom is 0.0639 e. The number of rotatable bonds is 4. The van der Waals surface area contributed by atoms with E-state index in [0.717, 1.165) is 32.6 Å². The Morgan fingerprint density at radius 1 is 1.33 bits per heavy atom. The number of hydrogen-bond donors (Lipinski definition) is 1. The fourth-order valence-corrected chi connectivity index (χ4v) is 2.26. The maximum atomic E-state index is 5.51. The fraction of sp³-hybridized carbons (Fsp3) is 0.600. The summed E-state index contributed by atoms with van der Waals surface area (Å²) in [6.45, 7) is 8.42. The number of ether oxygens (including phenoxy) is 1. The molecule has 0 amide bonds. The minimum atomic E-state index is -0.0469. The van der Waals surface area contributed by atoms with Gasteiger partial charge in [-0.05, 0) is 31.9 Å². The Balaban J connectivity index is 2.08. The Labute approximate surface area is 110 Å². The van der Waals surface area contributed by atoms with Crippen molar-refractivity contribution in [2.75, 3.05) is 31.6 Å². The molecule has 0 saturated heterocycles. The van der Waals surface area contributed by atoms with E-state index in [1.165, 1.54) is 11.3 Å². The number of nitrogens with zero attached hydrogens (tertiary/aromatic N) is 1. The van der Waals surface area contributed by atoms with E-state index in [9.17, 15) is 0 Å². The molecule has 1 N–H and O–H groups in total. The lowest BCUT2D eigenvalue weighted by Crippen LogP contribution is -2.34. The van der Waals surface area contributed by atoms with Gasteiger partial charge in [0.1, 0.15) is 0 Å². The van der Waals surface area contributed by atoms with Gasteiger partial charge in [-0.1, -0.05) is 18.2 Å². The summed E-state index contributed by atoms with van der Waals surface area (Å²) < 4.78 is 5.51. The number of hydrogen-bond acceptors (Lipinski definition) is 3. The lowest BCUT2D eigenvalue weighted by molar-refractivity contribution is 0.0172. The second-order valence-corrected chi connectivity index (χ2v) is 5.51. The predicted molar refractivity (Wildman–Crippen MR) is 76.1 cm³/mol.